The lowest BCUT2D eigenvalue weighted by molar-refractivity contribution is -0.336. The minimum Gasteiger partial charge on any atom is -0.786 e. The van der Waals surface area contributed by atoms with Crippen molar-refractivity contribution >= 4 is 22.2 Å². The minimum absolute atomic E-state index is 0.250. The zero-order valence-electron chi connectivity index (χ0n) is 9.52. The third kappa shape index (κ3) is 152. The molecule has 0 aliphatic carbocycles. The number of hydrogen-bond donors (Lipinski definition) is 0. The largest absolute Gasteiger partial charge is 0.786 e. The highest BCUT2D eigenvalue weighted by atomic mass is 31.2. The first-order valence-electron chi connectivity index (χ1n) is 3.87. The van der Waals surface area contributed by atoms with E-state index in [0.29, 0.717) is 0 Å². The maximum absolute atomic E-state index is 9.31. The van der Waals surface area contributed by atoms with E-state index in [-0.39, 0.29) is 6.15 Å². The quantitative estimate of drug-likeness (QED) is 0.463. The van der Waals surface area contributed by atoms with Crippen molar-refractivity contribution in [3.63, 3.8) is 0 Å². The van der Waals surface area contributed by atoms with Gasteiger partial charge < -0.3 is 19.2 Å². The summed E-state index contributed by atoms with van der Waals surface area (Å²) in [4.78, 5) is 57.1. The molecule has 0 aliphatic rings. The molecule has 0 radical (unpaired) electrons. The summed E-state index contributed by atoms with van der Waals surface area (Å²) in [6, 6.07) is 0. The summed E-state index contributed by atoms with van der Waals surface area (Å²) in [5.74, 6) is 0. The van der Waals surface area contributed by atoms with Gasteiger partial charge in [-0.2, -0.15) is 9.59 Å². The van der Waals surface area contributed by atoms with Gasteiger partial charge in [0, 0.05) is 4.96 Å². The molecule has 17 heavy (non-hydrogen) atoms. The van der Waals surface area contributed by atoms with Gasteiger partial charge in [-0.3, -0.25) is 0 Å². The van der Waals surface area contributed by atoms with E-state index in [0.717, 1.165) is 0 Å². The lowest BCUT2D eigenvalue weighted by Crippen LogP contribution is -2.14. The Kier molecular flexibility index (Phi) is 51.6. The van der Waals surface area contributed by atoms with E-state index >= 15 is 0 Å². The van der Waals surface area contributed by atoms with E-state index in [1.807, 2.05) is 27.7 Å². The van der Waals surface area contributed by atoms with Gasteiger partial charge >= 0.3 is 14.4 Å². The van der Waals surface area contributed by atoms with Gasteiger partial charge in [0.15, 0.2) is 0 Å². The fourth-order valence-electron chi connectivity index (χ4n) is 0.0816. The topological polar surface area (TPSA) is 185 Å². The van der Waals surface area contributed by atoms with Crippen LogP contribution >= 0.6 is 16.1 Å². The van der Waals surface area contributed by atoms with Crippen LogP contribution in [0.25, 0.3) is 0 Å². The van der Waals surface area contributed by atoms with Gasteiger partial charge in [-0.25, -0.2) is 0 Å². The zero-order valence-corrected chi connectivity index (χ0v) is 11.3. The summed E-state index contributed by atoms with van der Waals surface area (Å²) >= 11 is 0. The summed E-state index contributed by atoms with van der Waals surface area (Å²) < 4.78 is 21.4. The molecule has 0 rings (SSSR count). The second kappa shape index (κ2) is 29.4. The third-order valence-electron chi connectivity index (χ3n) is 0.167. The molecule has 0 amide bonds. The van der Waals surface area contributed by atoms with Crippen LogP contribution in [0.3, 0.4) is 0 Å². The van der Waals surface area contributed by atoms with Crippen LogP contribution in [0, 0.1) is 4.96 Å². The molecule has 0 fully saturated rings. The van der Waals surface area contributed by atoms with E-state index in [9.17, 15) is 23.8 Å². The van der Waals surface area contributed by atoms with E-state index in [1.54, 1.807) is 0 Å². The predicted molar refractivity (Wildman–Crippen MR) is 49.3 cm³/mol. The fraction of sp³-hybridized carbons (Fsp3) is 0.800. The van der Waals surface area contributed by atoms with Crippen molar-refractivity contribution in [2.45, 2.75) is 27.7 Å². The van der Waals surface area contributed by atoms with Crippen molar-refractivity contribution in [1.82, 2.24) is 0 Å². The van der Waals surface area contributed by atoms with E-state index < -0.39 is 16.1 Å². The van der Waals surface area contributed by atoms with Crippen LogP contribution in [-0.2, 0) is 23.0 Å². The molecule has 10 nitrogen and oxygen atoms in total. The van der Waals surface area contributed by atoms with Crippen LogP contribution in [-0.4, -0.2) is 11.1 Å². The molecule has 0 aliphatic heterocycles. The molecule has 0 aromatic rings. The van der Waals surface area contributed by atoms with E-state index in [4.69, 9.17) is 19.5 Å². The lowest BCUT2D eigenvalue weighted by atomic mass is 11.0. The third-order valence-corrected chi connectivity index (χ3v) is 1.50. The van der Waals surface area contributed by atoms with Crippen molar-refractivity contribution in [2.24, 2.45) is 0 Å². The van der Waals surface area contributed by atoms with Gasteiger partial charge in [-0.05, 0) is 4.57 Å². The van der Waals surface area contributed by atoms with Crippen LogP contribution < -0.4 is 14.7 Å². The maximum atomic E-state index is 9.31. The summed E-state index contributed by atoms with van der Waals surface area (Å²) in [5, 5.41) is 0. The van der Waals surface area contributed by atoms with Crippen molar-refractivity contribution < 1.29 is 42.7 Å². The van der Waals surface area contributed by atoms with Crippen LogP contribution in [0.2, 0.25) is 0 Å². The van der Waals surface area contributed by atoms with Gasteiger partial charge in [-0.15, -0.1) is 4.31 Å². The van der Waals surface area contributed by atoms with Crippen molar-refractivity contribution in [1.29, 1.82) is 0 Å². The molecule has 0 heterocycles. The number of phosphoric acid groups is 1. The summed E-state index contributed by atoms with van der Waals surface area (Å²) in [5.41, 5.74) is 0. The molecular weight excluding hydrogens is 282 g/mol. The summed E-state index contributed by atoms with van der Waals surface area (Å²) in [6.45, 7) is 8.00. The highest BCUT2D eigenvalue weighted by molar-refractivity contribution is 7.52. The molecule has 0 spiro atoms. The molecule has 104 valence electrons. The van der Waals surface area contributed by atoms with Crippen LogP contribution in [0.5, 0.6) is 0 Å². The van der Waals surface area contributed by atoms with Crippen LogP contribution in [0.1, 0.15) is 27.7 Å². The highest BCUT2D eigenvalue weighted by Gasteiger charge is 2.02. The van der Waals surface area contributed by atoms with Gasteiger partial charge in [0.05, 0.1) is 0 Å². The smallest absolute Gasteiger partial charge is 0.492 e. The Bertz CT molecular complexity index is 217. The van der Waals surface area contributed by atoms with Gasteiger partial charge in [0.1, 0.15) is 7.82 Å². The minimum atomic E-state index is -5.32. The summed E-state index contributed by atoms with van der Waals surface area (Å²) in [7, 11) is -8.89. The molecule has 12 heteroatoms. The van der Waals surface area contributed by atoms with E-state index in [1.165, 1.54) is 0 Å². The van der Waals surface area contributed by atoms with Crippen LogP contribution in [0.15, 0.2) is 0 Å². The Morgan fingerprint density at radius 3 is 1.29 bits per heavy atom. The number of rotatable bonds is 2. The zero-order chi connectivity index (χ0) is 15.5. The second-order valence-corrected chi connectivity index (χ2v) is 2.83. The molecule has 1 unspecified atom stereocenters. The van der Waals surface area contributed by atoms with Crippen LogP contribution in [0.4, 0.5) is 0 Å². The monoisotopic (exact) mass is 295 g/mol. The van der Waals surface area contributed by atoms with Gasteiger partial charge in [-0.1, -0.05) is 27.7 Å². The predicted octanol–water partition coefficient (Wildman–Crippen LogP) is -0.825. The first-order chi connectivity index (χ1) is 7.83. The first kappa shape index (κ1) is 29.8. The Balaban J connectivity index is -0.0000000448. The Labute approximate surface area is 98.4 Å². The van der Waals surface area contributed by atoms with E-state index in [2.05, 4.69) is 4.31 Å². The molecular formula is C5H13O10P2-. The van der Waals surface area contributed by atoms with Gasteiger partial charge in [0.25, 0.3) is 0 Å². The Morgan fingerprint density at radius 1 is 1.12 bits per heavy atom. The molecule has 1 atom stereocenters. The number of hydrogen-bond acceptors (Lipinski definition) is 9. The maximum Gasteiger partial charge on any atom is 0.492 e. The van der Waals surface area contributed by atoms with Crippen molar-refractivity contribution in [2.75, 3.05) is 0 Å². The molecule has 1 N–H and O–H groups in total. The normalized spacial score (nSPS) is 7.82. The summed E-state index contributed by atoms with van der Waals surface area (Å²) in [6.07, 6.45) is 0.250. The van der Waals surface area contributed by atoms with Gasteiger partial charge in [0.2, 0.25) is 4.96 Å². The Hall–Kier alpha value is -0.850. The standard InChI is InChI=1S/2C2H6.CO2.H2O6P2.O2/c2*1-2;2-1-3;1-7(2)6-8(3,4)5;1-2/h2*1-2H3;;(H2,3,4,5);/p-1. The highest BCUT2D eigenvalue weighted by Crippen LogP contribution is 2.35. The first-order valence-corrected chi connectivity index (χ1v) is 6.42. The molecule has 0 aromatic heterocycles. The molecule has 0 aromatic carbocycles. The molecule has 0 bridgehead atoms. The molecule has 0 saturated heterocycles. The SMILES string of the molecule is CC.CC.O=C=O.O=[OH+].O=[P+]([O-])OP(=O)([O-])[O-]. The lowest BCUT2D eigenvalue weighted by Gasteiger charge is -2.20. The average Bonchev–Trinajstić information content (AvgIpc) is 2.24. The fourth-order valence-corrected chi connectivity index (χ4v) is 0.735. The van der Waals surface area contributed by atoms with Crippen molar-refractivity contribution in [3.8, 4) is 0 Å². The van der Waals surface area contributed by atoms with Crippen molar-refractivity contribution in [3.05, 3.63) is 4.96 Å². The second-order valence-electron chi connectivity index (χ2n) is 0.836. The molecule has 0 saturated carbocycles. The average molecular weight is 295 g/mol. The Morgan fingerprint density at radius 2 is 1.29 bits per heavy atom. The number of carbonyl (C=O) groups excluding carboxylic acids is 2.